The van der Waals surface area contributed by atoms with Crippen molar-refractivity contribution in [1.29, 1.82) is 0 Å². The van der Waals surface area contributed by atoms with Gasteiger partial charge in [-0.3, -0.25) is 4.79 Å². The van der Waals surface area contributed by atoms with Gasteiger partial charge < -0.3 is 10.9 Å². The largest absolute Gasteiger partial charge is 0.476 e. The number of carboxylic acid groups (broad SMARTS) is 1. The monoisotopic (exact) mass is 349 g/mol. The van der Waals surface area contributed by atoms with Crippen molar-refractivity contribution in [2.75, 3.05) is 11.3 Å². The SMILES string of the molecule is Nn1c(N/N=C(/C=C/c2ccccc2)C(=O)O)nc2ccccc2c1=O. The van der Waals surface area contributed by atoms with Crippen LogP contribution in [-0.4, -0.2) is 26.4 Å². The Balaban J connectivity index is 1.92. The fourth-order valence-corrected chi connectivity index (χ4v) is 2.23. The van der Waals surface area contributed by atoms with Gasteiger partial charge >= 0.3 is 5.97 Å². The average Bonchev–Trinajstić information content (AvgIpc) is 2.66. The second kappa shape index (κ2) is 7.31. The van der Waals surface area contributed by atoms with Crippen molar-refractivity contribution in [3.63, 3.8) is 0 Å². The molecule has 26 heavy (non-hydrogen) atoms. The number of hydrogen-bond acceptors (Lipinski definition) is 6. The summed E-state index contributed by atoms with van der Waals surface area (Å²) in [5.41, 5.74) is 2.96. The van der Waals surface area contributed by atoms with Crippen LogP contribution in [0.25, 0.3) is 17.0 Å². The maximum atomic E-state index is 12.2. The van der Waals surface area contributed by atoms with E-state index in [0.717, 1.165) is 10.2 Å². The fourth-order valence-electron chi connectivity index (χ4n) is 2.23. The van der Waals surface area contributed by atoms with Gasteiger partial charge in [0, 0.05) is 0 Å². The second-order valence-corrected chi connectivity index (χ2v) is 5.29. The molecule has 8 heteroatoms. The minimum Gasteiger partial charge on any atom is -0.476 e. The third-order valence-electron chi connectivity index (χ3n) is 3.54. The van der Waals surface area contributed by atoms with Crippen molar-refractivity contribution in [2.24, 2.45) is 5.10 Å². The number of nitrogens with one attached hydrogen (secondary N) is 1. The lowest BCUT2D eigenvalue weighted by molar-refractivity contribution is -0.129. The highest BCUT2D eigenvalue weighted by Crippen LogP contribution is 2.09. The zero-order valence-corrected chi connectivity index (χ0v) is 13.5. The number of aliphatic carboxylic acids is 1. The molecule has 0 saturated heterocycles. The van der Waals surface area contributed by atoms with Crippen LogP contribution in [0, 0.1) is 0 Å². The molecule has 1 heterocycles. The van der Waals surface area contributed by atoms with E-state index in [1.165, 1.54) is 6.08 Å². The zero-order valence-electron chi connectivity index (χ0n) is 13.5. The van der Waals surface area contributed by atoms with Crippen molar-refractivity contribution in [2.45, 2.75) is 0 Å². The molecule has 0 saturated carbocycles. The van der Waals surface area contributed by atoms with Crippen LogP contribution < -0.4 is 16.8 Å². The van der Waals surface area contributed by atoms with E-state index >= 15 is 0 Å². The summed E-state index contributed by atoms with van der Waals surface area (Å²) in [7, 11) is 0. The summed E-state index contributed by atoms with van der Waals surface area (Å²) < 4.78 is 0.784. The average molecular weight is 349 g/mol. The van der Waals surface area contributed by atoms with E-state index in [4.69, 9.17) is 5.84 Å². The zero-order chi connectivity index (χ0) is 18.5. The van der Waals surface area contributed by atoms with Gasteiger partial charge in [-0.1, -0.05) is 48.5 Å². The van der Waals surface area contributed by atoms with E-state index in [0.29, 0.717) is 10.9 Å². The summed E-state index contributed by atoms with van der Waals surface area (Å²) >= 11 is 0. The number of anilines is 1. The highest BCUT2D eigenvalue weighted by molar-refractivity contribution is 6.41. The Labute approximate surface area is 147 Å². The van der Waals surface area contributed by atoms with Crippen LogP contribution in [0.4, 0.5) is 5.95 Å². The van der Waals surface area contributed by atoms with Crippen molar-refractivity contribution in [1.82, 2.24) is 9.66 Å². The summed E-state index contributed by atoms with van der Waals surface area (Å²) in [4.78, 5) is 27.8. The number of benzene rings is 2. The maximum Gasteiger partial charge on any atom is 0.356 e. The minimum absolute atomic E-state index is 0.0689. The van der Waals surface area contributed by atoms with Crippen LogP contribution in [-0.2, 0) is 4.79 Å². The van der Waals surface area contributed by atoms with Crippen LogP contribution in [0.5, 0.6) is 0 Å². The number of para-hydroxylation sites is 1. The number of hydrogen-bond donors (Lipinski definition) is 3. The van der Waals surface area contributed by atoms with Gasteiger partial charge in [0.25, 0.3) is 5.56 Å². The molecule has 0 aliphatic carbocycles. The van der Waals surface area contributed by atoms with Crippen LogP contribution in [0.2, 0.25) is 0 Å². The second-order valence-electron chi connectivity index (χ2n) is 5.29. The Bertz CT molecular complexity index is 1070. The predicted octanol–water partition coefficient (Wildman–Crippen LogP) is 1.68. The molecule has 8 nitrogen and oxygen atoms in total. The topological polar surface area (TPSA) is 123 Å². The van der Waals surface area contributed by atoms with E-state index in [-0.39, 0.29) is 11.7 Å². The van der Waals surface area contributed by atoms with Crippen molar-refractivity contribution in [3.05, 3.63) is 76.6 Å². The molecule has 2 aromatic carbocycles. The van der Waals surface area contributed by atoms with Gasteiger partial charge in [-0.25, -0.2) is 15.2 Å². The lowest BCUT2D eigenvalue weighted by Crippen LogP contribution is -2.30. The Morgan fingerprint density at radius 1 is 1.15 bits per heavy atom. The van der Waals surface area contributed by atoms with Gasteiger partial charge in [0.15, 0.2) is 5.71 Å². The van der Waals surface area contributed by atoms with E-state index in [1.807, 2.05) is 30.3 Å². The lowest BCUT2D eigenvalue weighted by Gasteiger charge is -2.07. The normalized spacial score (nSPS) is 11.8. The molecule has 0 aliphatic heterocycles. The lowest BCUT2D eigenvalue weighted by atomic mass is 10.2. The molecule has 0 spiro atoms. The van der Waals surface area contributed by atoms with Crippen molar-refractivity contribution in [3.8, 4) is 0 Å². The highest BCUT2D eigenvalue weighted by Gasteiger charge is 2.10. The van der Waals surface area contributed by atoms with Crippen LogP contribution in [0.15, 0.2) is 70.6 Å². The molecule has 0 radical (unpaired) electrons. The van der Waals surface area contributed by atoms with Gasteiger partial charge in [-0.2, -0.15) is 9.78 Å². The molecule has 4 N–H and O–H groups in total. The number of fused-ring (bicyclic) bond motifs is 1. The first kappa shape index (κ1) is 16.9. The molecule has 0 fully saturated rings. The van der Waals surface area contributed by atoms with Gasteiger partial charge in [-0.05, 0) is 23.8 Å². The van der Waals surface area contributed by atoms with Gasteiger partial charge in [0.2, 0.25) is 5.95 Å². The number of nitrogens with zero attached hydrogens (tertiary/aromatic N) is 3. The number of aromatic nitrogens is 2. The number of carbonyl (C=O) groups is 1. The van der Waals surface area contributed by atoms with Crippen LogP contribution >= 0.6 is 0 Å². The summed E-state index contributed by atoms with van der Waals surface area (Å²) in [6.45, 7) is 0. The van der Waals surface area contributed by atoms with Crippen molar-refractivity contribution >= 4 is 34.6 Å². The van der Waals surface area contributed by atoms with Gasteiger partial charge in [-0.15, -0.1) is 0 Å². The molecular formula is C18H15N5O3. The Hall–Kier alpha value is -3.94. The number of nitrogen functional groups attached to an aromatic ring is 1. The fraction of sp³-hybridized carbons (Fsp3) is 0. The summed E-state index contributed by atoms with van der Waals surface area (Å²) in [6.07, 6.45) is 2.95. The molecule has 0 atom stereocenters. The summed E-state index contributed by atoms with van der Waals surface area (Å²) in [5.74, 6) is 4.41. The predicted molar refractivity (Wildman–Crippen MR) is 100 cm³/mol. The molecule has 0 unspecified atom stereocenters. The molecule has 0 aliphatic rings. The maximum absolute atomic E-state index is 12.2. The first-order chi connectivity index (χ1) is 12.6. The number of rotatable bonds is 5. The number of nitrogens with two attached hydrogens (primary N) is 1. The standard InChI is InChI=1S/C18H15N5O3/c19-23-16(24)13-8-4-5-9-14(13)20-18(23)22-21-15(17(25)26)11-10-12-6-2-1-3-7-12/h1-11H,19H2,(H,20,22)(H,25,26)/b11-10+,21-15-. The van der Waals surface area contributed by atoms with Crippen LogP contribution in [0.1, 0.15) is 5.56 Å². The quantitative estimate of drug-likeness (QED) is 0.366. The summed E-state index contributed by atoms with van der Waals surface area (Å²) in [5, 5.41) is 13.4. The molecule has 3 aromatic rings. The van der Waals surface area contributed by atoms with E-state index in [9.17, 15) is 14.7 Å². The van der Waals surface area contributed by atoms with Crippen LogP contribution in [0.3, 0.4) is 0 Å². The van der Waals surface area contributed by atoms with E-state index in [2.05, 4.69) is 15.5 Å². The molecule has 1 aromatic heterocycles. The van der Waals surface area contributed by atoms with Crippen molar-refractivity contribution < 1.29 is 9.90 Å². The molecule has 3 rings (SSSR count). The number of hydrazone groups is 1. The minimum atomic E-state index is -1.24. The first-order valence-corrected chi connectivity index (χ1v) is 7.63. The highest BCUT2D eigenvalue weighted by atomic mass is 16.4. The molecule has 130 valence electrons. The molecule has 0 amide bonds. The third kappa shape index (κ3) is 3.59. The Morgan fingerprint density at radius 2 is 1.85 bits per heavy atom. The first-order valence-electron chi connectivity index (χ1n) is 7.63. The molecule has 0 bridgehead atoms. The summed E-state index contributed by atoms with van der Waals surface area (Å²) in [6, 6.07) is 15.9. The molecular weight excluding hydrogens is 334 g/mol. The smallest absolute Gasteiger partial charge is 0.356 e. The Morgan fingerprint density at radius 3 is 2.58 bits per heavy atom. The van der Waals surface area contributed by atoms with Gasteiger partial charge in [0.1, 0.15) is 0 Å². The van der Waals surface area contributed by atoms with Gasteiger partial charge in [0.05, 0.1) is 10.9 Å². The van der Waals surface area contributed by atoms with E-state index < -0.39 is 11.5 Å². The Kier molecular flexibility index (Phi) is 4.75. The van der Waals surface area contributed by atoms with E-state index in [1.54, 1.807) is 30.3 Å². The number of carboxylic acids is 1. The third-order valence-corrected chi connectivity index (χ3v) is 3.54.